The zero-order valence-corrected chi connectivity index (χ0v) is 39.4. The largest absolute Gasteiger partial charge is 0.310 e. The van der Waals surface area contributed by atoms with Gasteiger partial charge in [-0.1, -0.05) is 181 Å². The van der Waals surface area contributed by atoms with E-state index in [4.69, 9.17) is 0 Å². The molecule has 70 heavy (non-hydrogen) atoms. The number of nitrogens with zero attached hydrogens (tertiary/aromatic N) is 2. The molecule has 0 atom stereocenters. The molecular weight excluding hydrogens is 845 g/mol. The number of rotatable bonds is 8. The lowest BCUT2D eigenvalue weighted by atomic mass is 9.84. The molecule has 2 heteroatoms. The minimum atomic E-state index is 1.04. The van der Waals surface area contributed by atoms with Crippen LogP contribution in [0.2, 0.25) is 0 Å². The molecule has 0 bridgehead atoms. The summed E-state index contributed by atoms with van der Waals surface area (Å²) in [6, 6.07) is 86.0. The van der Waals surface area contributed by atoms with E-state index in [1.165, 1.54) is 98.4 Å². The van der Waals surface area contributed by atoms with Gasteiger partial charge < -0.3 is 9.80 Å². The molecule has 0 saturated heterocycles. The Labute approximate surface area is 409 Å². The molecule has 0 unspecified atom stereocenters. The molecule has 1 aliphatic carbocycles. The van der Waals surface area contributed by atoms with Crippen LogP contribution in [0.25, 0.3) is 82.2 Å². The highest BCUT2D eigenvalue weighted by atomic mass is 15.1. The third-order valence-electron chi connectivity index (χ3n) is 14.4. The molecule has 0 N–H and O–H groups in total. The van der Waals surface area contributed by atoms with Crippen LogP contribution in [0.1, 0.15) is 28.7 Å². The van der Waals surface area contributed by atoms with Gasteiger partial charge in [-0.2, -0.15) is 0 Å². The quantitative estimate of drug-likeness (QED) is 0.140. The molecule has 0 aliphatic heterocycles. The molecule has 2 nitrogen and oxygen atoms in total. The zero-order chi connectivity index (χ0) is 46.7. The Kier molecular flexibility index (Phi) is 10.1. The molecule has 12 aromatic rings. The van der Waals surface area contributed by atoms with Crippen LogP contribution in [0, 0.1) is 13.8 Å². The fourth-order valence-corrected chi connectivity index (χ4v) is 11.2. The predicted molar refractivity (Wildman–Crippen MR) is 301 cm³/mol. The fourth-order valence-electron chi connectivity index (χ4n) is 11.2. The molecule has 0 radical (unpaired) electrons. The first-order chi connectivity index (χ1) is 34.5. The van der Waals surface area contributed by atoms with Gasteiger partial charge >= 0.3 is 0 Å². The lowest BCUT2D eigenvalue weighted by Gasteiger charge is -2.29. The van der Waals surface area contributed by atoms with Gasteiger partial charge in [0.2, 0.25) is 0 Å². The molecule has 0 fully saturated rings. The van der Waals surface area contributed by atoms with E-state index in [0.717, 1.165) is 47.0 Å². The Morgan fingerprint density at radius 2 is 0.729 bits per heavy atom. The number of benzene rings is 12. The second-order valence-electron chi connectivity index (χ2n) is 19.0. The molecule has 0 heterocycles. The van der Waals surface area contributed by atoms with Crippen molar-refractivity contribution in [1.82, 2.24) is 0 Å². The van der Waals surface area contributed by atoms with Crippen molar-refractivity contribution in [3.63, 3.8) is 0 Å². The molecule has 12 aromatic carbocycles. The van der Waals surface area contributed by atoms with Crippen LogP contribution in [0.5, 0.6) is 0 Å². The Balaban J connectivity index is 1.10. The van der Waals surface area contributed by atoms with E-state index in [-0.39, 0.29) is 0 Å². The van der Waals surface area contributed by atoms with E-state index in [1.54, 1.807) is 0 Å². The summed E-state index contributed by atoms with van der Waals surface area (Å²) >= 11 is 0. The van der Waals surface area contributed by atoms with E-state index in [1.807, 2.05) is 0 Å². The van der Waals surface area contributed by atoms with E-state index in [0.29, 0.717) is 0 Å². The summed E-state index contributed by atoms with van der Waals surface area (Å²) in [5, 5.41) is 12.2. The topological polar surface area (TPSA) is 6.48 Å². The number of allylic oxidation sites excluding steroid dienone is 1. The number of aryl methyl sites for hydroxylation is 3. The highest BCUT2D eigenvalue weighted by Gasteiger charge is 2.23. The summed E-state index contributed by atoms with van der Waals surface area (Å²) in [5.74, 6) is 0. The van der Waals surface area contributed by atoms with Gasteiger partial charge in [-0.15, -0.1) is 0 Å². The highest BCUT2D eigenvalue weighted by molar-refractivity contribution is 6.23. The van der Waals surface area contributed by atoms with Crippen molar-refractivity contribution >= 4 is 94.1 Å². The van der Waals surface area contributed by atoms with Gasteiger partial charge in [0, 0.05) is 34.1 Å². The van der Waals surface area contributed by atoms with Gasteiger partial charge in [0.25, 0.3) is 0 Å². The minimum absolute atomic E-state index is 1.04. The van der Waals surface area contributed by atoms with Crippen LogP contribution in [-0.4, -0.2) is 0 Å². The van der Waals surface area contributed by atoms with Crippen LogP contribution in [0.4, 0.5) is 34.1 Å². The van der Waals surface area contributed by atoms with Gasteiger partial charge in [0.1, 0.15) is 0 Å². The van der Waals surface area contributed by atoms with Gasteiger partial charge in [-0.3, -0.25) is 0 Å². The summed E-state index contributed by atoms with van der Waals surface area (Å²) in [6.45, 7) is 4.44. The molecule has 0 saturated carbocycles. The average molecular weight is 895 g/mol. The van der Waals surface area contributed by atoms with E-state index in [9.17, 15) is 0 Å². The van der Waals surface area contributed by atoms with Crippen molar-refractivity contribution in [2.45, 2.75) is 26.7 Å². The summed E-state index contributed by atoms with van der Waals surface area (Å²) in [4.78, 5) is 4.91. The van der Waals surface area contributed by atoms with Crippen LogP contribution < -0.4 is 9.80 Å². The molecule has 1 aliphatic rings. The summed E-state index contributed by atoms with van der Waals surface area (Å²) in [6.07, 6.45) is 6.66. The lowest BCUT2D eigenvalue weighted by Crippen LogP contribution is -2.11. The molecule has 0 amide bonds. The Morgan fingerprint density at radius 3 is 1.24 bits per heavy atom. The zero-order valence-electron chi connectivity index (χ0n) is 39.4. The van der Waals surface area contributed by atoms with Crippen LogP contribution in [0.3, 0.4) is 0 Å². The maximum atomic E-state index is 2.47. The van der Waals surface area contributed by atoms with E-state index >= 15 is 0 Å². The maximum Gasteiger partial charge on any atom is 0.0468 e. The first kappa shape index (κ1) is 41.5. The molecule has 13 rings (SSSR count). The number of hydrogen-bond acceptors (Lipinski definition) is 2. The normalized spacial score (nSPS) is 12.3. The van der Waals surface area contributed by atoms with Crippen LogP contribution in [-0.2, 0) is 6.42 Å². The molecule has 0 aromatic heterocycles. The third-order valence-corrected chi connectivity index (χ3v) is 14.4. The third kappa shape index (κ3) is 7.37. The summed E-state index contributed by atoms with van der Waals surface area (Å²) in [7, 11) is 0. The predicted octanol–water partition coefficient (Wildman–Crippen LogP) is 19.3. The highest BCUT2D eigenvalue weighted by Crippen LogP contribution is 2.49. The van der Waals surface area contributed by atoms with Gasteiger partial charge in [0.15, 0.2) is 0 Å². The van der Waals surface area contributed by atoms with Crippen molar-refractivity contribution in [2.24, 2.45) is 0 Å². The van der Waals surface area contributed by atoms with Crippen molar-refractivity contribution in [2.75, 3.05) is 9.80 Å². The first-order valence-electron chi connectivity index (χ1n) is 24.5. The maximum absolute atomic E-state index is 2.47. The van der Waals surface area contributed by atoms with Gasteiger partial charge in [0.05, 0.1) is 0 Å². The van der Waals surface area contributed by atoms with Crippen LogP contribution in [0.15, 0.2) is 237 Å². The molecule has 0 spiro atoms. The van der Waals surface area contributed by atoms with Gasteiger partial charge in [-0.05, 0) is 187 Å². The Hall–Kier alpha value is -8.72. The second kappa shape index (κ2) is 17.1. The van der Waals surface area contributed by atoms with Crippen molar-refractivity contribution < 1.29 is 0 Å². The van der Waals surface area contributed by atoms with E-state index in [2.05, 4.69) is 266 Å². The fraction of sp³-hybridized carbons (Fsp3) is 0.0588. The minimum Gasteiger partial charge on any atom is -0.310 e. The van der Waals surface area contributed by atoms with Crippen molar-refractivity contribution in [3.8, 4) is 22.3 Å². The summed E-state index contributed by atoms with van der Waals surface area (Å²) < 4.78 is 0. The Bertz CT molecular complexity index is 3950. The molecular formula is C68H50N2. The second-order valence-corrected chi connectivity index (χ2v) is 19.0. The number of anilines is 6. The number of hydrogen-bond donors (Lipinski definition) is 0. The first-order valence-corrected chi connectivity index (χ1v) is 24.5. The van der Waals surface area contributed by atoms with E-state index < -0.39 is 0 Å². The van der Waals surface area contributed by atoms with Crippen molar-refractivity contribution in [3.05, 3.63) is 259 Å². The SMILES string of the molecule is Cc1cc(C)cc(-c2c3ccc(N(c4ccc5c(c4)CCC=C5)c4ccc5ccccc5c4)cc3c(-c3ccccc3)c3ccc(N(c4ccc5ccccc5c4)c4ccc5ccccc5c4)cc23)c1. The standard InChI is InChI=1S/C68H50N2/c1-45-36-46(2)38-56(37-45)68-64-35-33-61(69(57-28-24-47-14-6-10-20-52(47)39-57)58-29-25-48-15-7-11-21-53(48)40-58)43-65(64)67(51-18-4-3-5-19-51)63-34-32-62(44-66(63)68)70(59-30-26-49-16-8-12-22-54(49)41-59)60-31-27-50-17-9-13-23-55(50)42-60/h3-10,12-20,22-44H,11,21H2,1-2H3. The van der Waals surface area contributed by atoms with Gasteiger partial charge in [-0.25, -0.2) is 0 Å². The monoisotopic (exact) mass is 894 g/mol. The smallest absolute Gasteiger partial charge is 0.0468 e. The number of fused-ring (bicyclic) bond motifs is 6. The Morgan fingerprint density at radius 1 is 0.314 bits per heavy atom. The van der Waals surface area contributed by atoms with Crippen LogP contribution >= 0.6 is 0 Å². The van der Waals surface area contributed by atoms with Crippen molar-refractivity contribution in [1.29, 1.82) is 0 Å². The lowest BCUT2D eigenvalue weighted by molar-refractivity contribution is 0.984. The summed E-state index contributed by atoms with van der Waals surface area (Å²) in [5.41, 5.74) is 16.8. The average Bonchev–Trinajstić information content (AvgIpc) is 3.40. The molecule has 332 valence electrons.